The number of carbonyl (C=O) groups is 2. The molecule has 0 aromatic heterocycles. The van der Waals surface area contributed by atoms with E-state index in [-0.39, 0.29) is 24.5 Å². The van der Waals surface area contributed by atoms with Crippen molar-refractivity contribution in [3.63, 3.8) is 0 Å². The van der Waals surface area contributed by atoms with Crippen LogP contribution in [-0.4, -0.2) is 30.1 Å². The Hall–Kier alpha value is -2.64. The number of nitrogens with one attached hydrogen (secondary N) is 1. The van der Waals surface area contributed by atoms with Gasteiger partial charge in [-0.1, -0.05) is 12.1 Å². The van der Waals surface area contributed by atoms with Gasteiger partial charge in [0.2, 0.25) is 0 Å². The van der Waals surface area contributed by atoms with Crippen molar-refractivity contribution in [1.29, 1.82) is 0 Å². The first-order valence-corrected chi connectivity index (χ1v) is 5.33. The van der Waals surface area contributed by atoms with Crippen LogP contribution in [0.15, 0.2) is 24.3 Å². The molecule has 1 N–H and O–H groups in total. The van der Waals surface area contributed by atoms with Crippen LogP contribution in [0.2, 0.25) is 0 Å². The van der Waals surface area contributed by atoms with Gasteiger partial charge in [0.1, 0.15) is 12.4 Å². The van der Waals surface area contributed by atoms with Crippen LogP contribution in [0.4, 0.5) is 0 Å². The highest BCUT2D eigenvalue weighted by molar-refractivity contribution is 5.97. The molecule has 102 valence electrons. The molecule has 0 heterocycles. The highest BCUT2D eigenvalue weighted by atomic mass is 16.9. The van der Waals surface area contributed by atoms with Gasteiger partial charge in [-0.15, -0.1) is 10.1 Å². The van der Waals surface area contributed by atoms with E-state index in [9.17, 15) is 19.7 Å². The van der Waals surface area contributed by atoms with Crippen LogP contribution in [0.1, 0.15) is 17.3 Å². The van der Waals surface area contributed by atoms with E-state index in [2.05, 4.69) is 10.2 Å². The maximum atomic E-state index is 11.8. The largest absolute Gasteiger partial charge is 0.426 e. The van der Waals surface area contributed by atoms with Gasteiger partial charge in [0.05, 0.1) is 5.56 Å². The van der Waals surface area contributed by atoms with Gasteiger partial charge in [-0.2, -0.15) is 0 Å². The lowest BCUT2D eigenvalue weighted by atomic mass is 10.2. The molecule has 0 atom stereocenters. The Kier molecular flexibility index (Phi) is 5.27. The van der Waals surface area contributed by atoms with Crippen LogP contribution in [0, 0.1) is 10.1 Å². The van der Waals surface area contributed by atoms with E-state index in [1.54, 1.807) is 12.1 Å². The normalized spacial score (nSPS) is 9.53. The molecule has 0 aliphatic carbocycles. The van der Waals surface area contributed by atoms with Crippen molar-refractivity contribution in [1.82, 2.24) is 5.32 Å². The van der Waals surface area contributed by atoms with E-state index in [0.29, 0.717) is 0 Å². The zero-order chi connectivity index (χ0) is 14.3. The highest BCUT2D eigenvalue weighted by Gasteiger charge is 2.12. The van der Waals surface area contributed by atoms with E-state index in [1.807, 2.05) is 0 Å². The molecule has 1 aromatic carbocycles. The molecule has 8 nitrogen and oxygen atoms in total. The molecule has 1 rings (SSSR count). The zero-order valence-corrected chi connectivity index (χ0v) is 10.1. The summed E-state index contributed by atoms with van der Waals surface area (Å²) in [5.74, 6) is -0.927. The number of hydrogen-bond acceptors (Lipinski definition) is 6. The number of para-hydroxylation sites is 1. The predicted molar refractivity (Wildman–Crippen MR) is 63.0 cm³/mol. The van der Waals surface area contributed by atoms with Crippen molar-refractivity contribution in [2.75, 3.05) is 13.2 Å². The molecule has 1 aromatic rings. The molecule has 0 aliphatic heterocycles. The molecular weight excluding hydrogens is 256 g/mol. The molecule has 0 spiro atoms. The van der Waals surface area contributed by atoms with E-state index < -0.39 is 17.0 Å². The lowest BCUT2D eigenvalue weighted by Crippen LogP contribution is -2.28. The van der Waals surface area contributed by atoms with Crippen LogP contribution in [-0.2, 0) is 9.63 Å². The minimum atomic E-state index is -0.945. The summed E-state index contributed by atoms with van der Waals surface area (Å²) in [4.78, 5) is 36.6. The van der Waals surface area contributed by atoms with Crippen LogP contribution in [0.25, 0.3) is 0 Å². The first-order valence-electron chi connectivity index (χ1n) is 5.33. The standard InChI is InChI=1S/C11H12N2O6/c1-8(14)19-10-5-3-2-4-9(10)11(15)12-6-7-18-13(16)17/h2-5H,6-7H2,1H3,(H,12,15). The predicted octanol–water partition coefficient (Wildman–Crippen LogP) is 0.550. The van der Waals surface area contributed by atoms with Crippen LogP contribution in [0.3, 0.4) is 0 Å². The number of esters is 1. The summed E-state index contributed by atoms with van der Waals surface area (Å²) in [5.41, 5.74) is 0.166. The van der Waals surface area contributed by atoms with Gasteiger partial charge in [0.25, 0.3) is 11.0 Å². The Morgan fingerprint density at radius 1 is 1.37 bits per heavy atom. The Labute approximate surface area is 108 Å². The Morgan fingerprint density at radius 2 is 2.05 bits per heavy atom. The maximum Gasteiger partial charge on any atom is 0.308 e. The van der Waals surface area contributed by atoms with Crippen molar-refractivity contribution in [2.45, 2.75) is 6.92 Å². The molecule has 0 saturated heterocycles. The molecule has 8 heteroatoms. The van der Waals surface area contributed by atoms with Crippen LogP contribution < -0.4 is 10.1 Å². The second-order valence-corrected chi connectivity index (χ2v) is 3.40. The molecule has 19 heavy (non-hydrogen) atoms. The summed E-state index contributed by atoms with van der Waals surface area (Å²) in [6.07, 6.45) is 0. The fraction of sp³-hybridized carbons (Fsp3) is 0.273. The van der Waals surface area contributed by atoms with Gasteiger partial charge in [0.15, 0.2) is 0 Å². The number of rotatable bonds is 6. The van der Waals surface area contributed by atoms with Crippen LogP contribution in [0.5, 0.6) is 5.75 Å². The first kappa shape index (κ1) is 14.4. The molecular formula is C11H12N2O6. The number of carbonyl (C=O) groups excluding carboxylic acids is 2. The van der Waals surface area contributed by atoms with Crippen molar-refractivity contribution < 1.29 is 24.3 Å². The Morgan fingerprint density at radius 3 is 2.68 bits per heavy atom. The Balaban J connectivity index is 2.61. The number of ether oxygens (including phenoxy) is 1. The van der Waals surface area contributed by atoms with E-state index >= 15 is 0 Å². The second-order valence-electron chi connectivity index (χ2n) is 3.40. The van der Waals surface area contributed by atoms with Gasteiger partial charge in [0, 0.05) is 13.5 Å². The summed E-state index contributed by atoms with van der Waals surface area (Å²) in [5, 5.41) is 11.4. The van der Waals surface area contributed by atoms with Gasteiger partial charge < -0.3 is 14.9 Å². The molecule has 0 saturated carbocycles. The van der Waals surface area contributed by atoms with Gasteiger partial charge in [-0.25, -0.2) is 0 Å². The van der Waals surface area contributed by atoms with Gasteiger partial charge >= 0.3 is 5.97 Å². The zero-order valence-electron chi connectivity index (χ0n) is 10.1. The van der Waals surface area contributed by atoms with Crippen molar-refractivity contribution in [2.24, 2.45) is 0 Å². The number of hydrogen-bond donors (Lipinski definition) is 1. The number of nitrogens with zero attached hydrogens (tertiary/aromatic N) is 1. The summed E-state index contributed by atoms with van der Waals surface area (Å²) >= 11 is 0. The lowest BCUT2D eigenvalue weighted by molar-refractivity contribution is -0.757. The SMILES string of the molecule is CC(=O)Oc1ccccc1C(=O)NCCO[N+](=O)[O-]. The molecule has 0 radical (unpaired) electrons. The smallest absolute Gasteiger partial charge is 0.308 e. The maximum absolute atomic E-state index is 11.8. The molecule has 0 fully saturated rings. The minimum absolute atomic E-state index is 0.0335. The average molecular weight is 268 g/mol. The van der Waals surface area contributed by atoms with Gasteiger partial charge in [-0.05, 0) is 12.1 Å². The van der Waals surface area contributed by atoms with Gasteiger partial charge in [-0.3, -0.25) is 9.59 Å². The summed E-state index contributed by atoms with van der Waals surface area (Å²) in [6, 6.07) is 6.17. The monoisotopic (exact) mass is 268 g/mol. The lowest BCUT2D eigenvalue weighted by Gasteiger charge is -2.08. The molecule has 1 amide bonds. The molecule has 0 unspecified atom stereocenters. The summed E-state index contributed by atoms with van der Waals surface area (Å²) in [6.45, 7) is 0.933. The Bertz CT molecular complexity index is 488. The second kappa shape index (κ2) is 6.94. The van der Waals surface area contributed by atoms with Crippen LogP contribution >= 0.6 is 0 Å². The quantitative estimate of drug-likeness (QED) is 0.265. The first-order chi connectivity index (χ1) is 9.00. The molecule has 0 aliphatic rings. The number of benzene rings is 1. The van der Waals surface area contributed by atoms with Crippen molar-refractivity contribution in [3.05, 3.63) is 39.9 Å². The topological polar surface area (TPSA) is 108 Å². The van der Waals surface area contributed by atoms with E-state index in [0.717, 1.165) is 0 Å². The highest BCUT2D eigenvalue weighted by Crippen LogP contribution is 2.17. The third-order valence-electron chi connectivity index (χ3n) is 1.97. The average Bonchev–Trinajstić information content (AvgIpc) is 2.34. The fourth-order valence-electron chi connectivity index (χ4n) is 1.28. The van der Waals surface area contributed by atoms with E-state index in [1.165, 1.54) is 19.1 Å². The third-order valence-corrected chi connectivity index (χ3v) is 1.97. The molecule has 0 bridgehead atoms. The van der Waals surface area contributed by atoms with Crippen molar-refractivity contribution in [3.8, 4) is 5.75 Å². The number of amides is 1. The summed E-state index contributed by atoms with van der Waals surface area (Å²) in [7, 11) is 0. The fourth-order valence-corrected chi connectivity index (χ4v) is 1.28. The van der Waals surface area contributed by atoms with E-state index in [4.69, 9.17) is 4.74 Å². The van der Waals surface area contributed by atoms with Crippen molar-refractivity contribution >= 4 is 11.9 Å². The third kappa shape index (κ3) is 5.02. The summed E-state index contributed by atoms with van der Waals surface area (Å²) < 4.78 is 4.87. The minimum Gasteiger partial charge on any atom is -0.426 e.